The SMILES string of the molecule is N/N=C\N(N)c1cccc(CO)n1. The van der Waals surface area contributed by atoms with Crippen molar-refractivity contribution in [2.75, 3.05) is 5.01 Å². The molecule has 6 nitrogen and oxygen atoms in total. The van der Waals surface area contributed by atoms with Crippen molar-refractivity contribution in [3.63, 3.8) is 0 Å². The fourth-order valence-corrected chi connectivity index (χ4v) is 0.830. The Morgan fingerprint density at radius 2 is 2.38 bits per heavy atom. The average Bonchev–Trinajstić information content (AvgIpc) is 2.18. The highest BCUT2D eigenvalue weighted by atomic mass is 16.3. The monoisotopic (exact) mass is 181 g/mol. The molecule has 0 aliphatic rings. The number of pyridine rings is 1. The average molecular weight is 181 g/mol. The summed E-state index contributed by atoms with van der Waals surface area (Å²) < 4.78 is 0. The van der Waals surface area contributed by atoms with Gasteiger partial charge in [-0.3, -0.25) is 0 Å². The van der Waals surface area contributed by atoms with E-state index in [-0.39, 0.29) is 6.61 Å². The van der Waals surface area contributed by atoms with Gasteiger partial charge in [0, 0.05) is 0 Å². The second kappa shape index (κ2) is 4.39. The van der Waals surface area contributed by atoms with E-state index in [1.54, 1.807) is 18.2 Å². The summed E-state index contributed by atoms with van der Waals surface area (Å²) in [5, 5.41) is 13.2. The number of rotatable bonds is 3. The molecule has 5 N–H and O–H groups in total. The maximum atomic E-state index is 8.79. The van der Waals surface area contributed by atoms with Crippen LogP contribution in [-0.2, 0) is 6.61 Å². The lowest BCUT2D eigenvalue weighted by Gasteiger charge is -2.10. The van der Waals surface area contributed by atoms with Gasteiger partial charge in [-0.2, -0.15) is 5.10 Å². The molecule has 0 saturated carbocycles. The molecule has 0 amide bonds. The molecule has 0 radical (unpaired) electrons. The van der Waals surface area contributed by atoms with Crippen LogP contribution in [0.1, 0.15) is 5.69 Å². The molecule has 0 spiro atoms. The van der Waals surface area contributed by atoms with Gasteiger partial charge in [-0.1, -0.05) is 6.07 Å². The molecule has 0 aliphatic carbocycles. The van der Waals surface area contributed by atoms with E-state index in [1.807, 2.05) is 0 Å². The predicted molar refractivity (Wildman–Crippen MR) is 49.5 cm³/mol. The normalized spacial score (nSPS) is 10.6. The number of hydrazine groups is 1. The lowest BCUT2D eigenvalue weighted by Crippen LogP contribution is -2.30. The predicted octanol–water partition coefficient (Wildman–Crippen LogP) is -0.844. The van der Waals surface area contributed by atoms with Crippen LogP contribution in [0.2, 0.25) is 0 Å². The fourth-order valence-electron chi connectivity index (χ4n) is 0.830. The summed E-state index contributed by atoms with van der Waals surface area (Å²) in [6, 6.07) is 5.11. The van der Waals surface area contributed by atoms with Crippen LogP contribution >= 0.6 is 0 Å². The van der Waals surface area contributed by atoms with Crippen LogP contribution in [0.3, 0.4) is 0 Å². The summed E-state index contributed by atoms with van der Waals surface area (Å²) in [6.45, 7) is -0.124. The molecule has 0 unspecified atom stereocenters. The lowest BCUT2D eigenvalue weighted by atomic mass is 10.3. The Morgan fingerprint density at radius 3 is 3.00 bits per heavy atom. The third kappa shape index (κ3) is 2.39. The second-order valence-electron chi connectivity index (χ2n) is 2.32. The summed E-state index contributed by atoms with van der Waals surface area (Å²) in [5.74, 6) is 10.9. The van der Waals surface area contributed by atoms with E-state index in [9.17, 15) is 0 Å². The van der Waals surface area contributed by atoms with E-state index in [2.05, 4.69) is 10.1 Å². The molecule has 1 heterocycles. The number of hydrogen-bond donors (Lipinski definition) is 3. The molecule has 1 aromatic heterocycles. The maximum absolute atomic E-state index is 8.79. The molecule has 0 saturated heterocycles. The van der Waals surface area contributed by atoms with Crippen LogP contribution in [0.4, 0.5) is 5.82 Å². The minimum Gasteiger partial charge on any atom is -0.390 e. The first kappa shape index (κ1) is 9.43. The molecule has 0 atom stereocenters. The number of aliphatic hydroxyl groups is 1. The highest BCUT2D eigenvalue weighted by Gasteiger charge is 2.00. The van der Waals surface area contributed by atoms with Crippen molar-refractivity contribution in [3.8, 4) is 0 Å². The Labute approximate surface area is 75.5 Å². The topological polar surface area (TPSA) is 101 Å². The molecule has 0 aliphatic heterocycles. The number of aromatic nitrogens is 1. The van der Waals surface area contributed by atoms with E-state index >= 15 is 0 Å². The third-order valence-electron chi connectivity index (χ3n) is 1.41. The first-order valence-electron chi connectivity index (χ1n) is 3.62. The van der Waals surface area contributed by atoms with Crippen molar-refractivity contribution < 1.29 is 5.11 Å². The highest BCUT2D eigenvalue weighted by molar-refractivity contribution is 5.75. The molecule has 1 rings (SSSR count). The van der Waals surface area contributed by atoms with E-state index in [4.69, 9.17) is 16.8 Å². The van der Waals surface area contributed by atoms with Crippen LogP contribution in [0, 0.1) is 0 Å². The Morgan fingerprint density at radius 1 is 1.62 bits per heavy atom. The van der Waals surface area contributed by atoms with Gasteiger partial charge < -0.3 is 10.9 Å². The number of nitrogens with zero attached hydrogens (tertiary/aromatic N) is 3. The van der Waals surface area contributed by atoms with Crippen molar-refractivity contribution >= 4 is 12.2 Å². The van der Waals surface area contributed by atoms with Gasteiger partial charge in [0.15, 0.2) is 0 Å². The van der Waals surface area contributed by atoms with Gasteiger partial charge >= 0.3 is 0 Å². The molecule has 13 heavy (non-hydrogen) atoms. The second-order valence-corrected chi connectivity index (χ2v) is 2.32. The molecular formula is C7H11N5O. The minimum absolute atomic E-state index is 0.124. The first-order valence-corrected chi connectivity index (χ1v) is 3.62. The fraction of sp³-hybridized carbons (Fsp3) is 0.143. The first-order chi connectivity index (χ1) is 6.27. The van der Waals surface area contributed by atoms with Crippen LogP contribution in [-0.4, -0.2) is 16.4 Å². The van der Waals surface area contributed by atoms with Crippen molar-refractivity contribution in [1.82, 2.24) is 4.98 Å². The summed E-state index contributed by atoms with van der Waals surface area (Å²) in [4.78, 5) is 4.01. The van der Waals surface area contributed by atoms with E-state index in [0.717, 1.165) is 0 Å². The maximum Gasteiger partial charge on any atom is 0.148 e. The summed E-state index contributed by atoms with van der Waals surface area (Å²) in [6.07, 6.45) is 1.23. The van der Waals surface area contributed by atoms with Crippen molar-refractivity contribution in [1.29, 1.82) is 0 Å². The van der Waals surface area contributed by atoms with E-state index in [1.165, 1.54) is 11.3 Å². The largest absolute Gasteiger partial charge is 0.390 e. The number of aliphatic hydroxyl groups excluding tert-OH is 1. The smallest absolute Gasteiger partial charge is 0.148 e. The zero-order chi connectivity index (χ0) is 9.68. The molecule has 0 aromatic carbocycles. The molecular weight excluding hydrogens is 170 g/mol. The summed E-state index contributed by atoms with van der Waals surface area (Å²) >= 11 is 0. The van der Waals surface area contributed by atoms with Crippen molar-refractivity contribution in [2.24, 2.45) is 16.8 Å². The zero-order valence-electron chi connectivity index (χ0n) is 6.96. The minimum atomic E-state index is -0.124. The van der Waals surface area contributed by atoms with Crippen LogP contribution < -0.4 is 16.7 Å². The Hall–Kier alpha value is -1.66. The van der Waals surface area contributed by atoms with Gasteiger partial charge in [0.25, 0.3) is 0 Å². The molecule has 0 fully saturated rings. The number of hydrogen-bond acceptors (Lipinski definition) is 5. The van der Waals surface area contributed by atoms with Crippen LogP contribution in [0.15, 0.2) is 23.3 Å². The quantitative estimate of drug-likeness (QED) is 0.244. The van der Waals surface area contributed by atoms with Gasteiger partial charge in [0.1, 0.15) is 12.2 Å². The Kier molecular flexibility index (Phi) is 3.18. The summed E-state index contributed by atoms with van der Waals surface area (Å²) in [7, 11) is 0. The molecule has 6 heteroatoms. The molecule has 0 bridgehead atoms. The van der Waals surface area contributed by atoms with Gasteiger partial charge in [-0.25, -0.2) is 15.8 Å². The van der Waals surface area contributed by atoms with Crippen molar-refractivity contribution in [3.05, 3.63) is 23.9 Å². The van der Waals surface area contributed by atoms with E-state index < -0.39 is 0 Å². The third-order valence-corrected chi connectivity index (χ3v) is 1.41. The van der Waals surface area contributed by atoms with Crippen LogP contribution in [0.5, 0.6) is 0 Å². The van der Waals surface area contributed by atoms with E-state index in [0.29, 0.717) is 11.5 Å². The highest BCUT2D eigenvalue weighted by Crippen LogP contribution is 2.06. The number of anilines is 1. The molecule has 70 valence electrons. The van der Waals surface area contributed by atoms with Gasteiger partial charge in [-0.15, -0.1) is 0 Å². The van der Waals surface area contributed by atoms with Crippen LogP contribution in [0.25, 0.3) is 0 Å². The van der Waals surface area contributed by atoms with Gasteiger partial charge in [0.2, 0.25) is 0 Å². The number of nitrogens with two attached hydrogens (primary N) is 2. The van der Waals surface area contributed by atoms with Crippen molar-refractivity contribution in [2.45, 2.75) is 6.61 Å². The zero-order valence-corrected chi connectivity index (χ0v) is 6.96. The number of hydrazone groups is 1. The lowest BCUT2D eigenvalue weighted by molar-refractivity contribution is 0.277. The Balaban J connectivity index is 2.87. The molecule has 1 aromatic rings. The van der Waals surface area contributed by atoms with Gasteiger partial charge in [-0.05, 0) is 12.1 Å². The van der Waals surface area contributed by atoms with Gasteiger partial charge in [0.05, 0.1) is 12.3 Å². The Bertz CT molecular complexity index is 301. The standard InChI is InChI=1S/C7H11N5O/c8-10-5-12(9)7-3-1-2-6(4-13)11-7/h1-3,5,13H,4,8-9H2/b10-5-. The summed E-state index contributed by atoms with van der Waals surface area (Å²) in [5.41, 5.74) is 0.540.